The van der Waals surface area contributed by atoms with Crippen molar-refractivity contribution in [2.24, 2.45) is 10.1 Å². The predicted molar refractivity (Wildman–Crippen MR) is 134 cm³/mol. The molecule has 3 aromatic carbocycles. The van der Waals surface area contributed by atoms with E-state index in [2.05, 4.69) is 58.3 Å². The SMILES string of the molecule is C=CCN=c1scc(-c2ccc3cc(OC)ccc3c2)n1N=Cc1c[nH]c2ccccc12. The molecule has 0 amide bonds. The summed E-state index contributed by atoms with van der Waals surface area (Å²) in [7, 11) is 1.68. The molecule has 0 saturated carbocycles. The first-order chi connectivity index (χ1) is 15.8. The van der Waals surface area contributed by atoms with E-state index < -0.39 is 0 Å². The van der Waals surface area contributed by atoms with E-state index in [0.29, 0.717) is 6.54 Å². The summed E-state index contributed by atoms with van der Waals surface area (Å²) in [5.41, 5.74) is 4.19. The van der Waals surface area contributed by atoms with Gasteiger partial charge in [0.15, 0.2) is 0 Å². The van der Waals surface area contributed by atoms with Crippen molar-refractivity contribution in [2.75, 3.05) is 13.7 Å². The Bertz CT molecular complexity index is 1520. The van der Waals surface area contributed by atoms with Gasteiger partial charge in [0.1, 0.15) is 5.75 Å². The van der Waals surface area contributed by atoms with Crippen LogP contribution in [0.2, 0.25) is 0 Å². The van der Waals surface area contributed by atoms with Crippen LogP contribution in [0.5, 0.6) is 5.75 Å². The number of fused-ring (bicyclic) bond motifs is 2. The Balaban J connectivity index is 1.61. The summed E-state index contributed by atoms with van der Waals surface area (Å²) in [6.45, 7) is 4.33. The Morgan fingerprint density at radius 3 is 2.81 bits per heavy atom. The second kappa shape index (κ2) is 8.69. The minimum atomic E-state index is 0.542. The summed E-state index contributed by atoms with van der Waals surface area (Å²) in [6, 6.07) is 20.7. The summed E-state index contributed by atoms with van der Waals surface area (Å²) >= 11 is 1.57. The van der Waals surface area contributed by atoms with Gasteiger partial charge in [-0.1, -0.05) is 42.5 Å². The van der Waals surface area contributed by atoms with Crippen LogP contribution in [-0.2, 0) is 0 Å². The maximum Gasteiger partial charge on any atom is 0.206 e. The van der Waals surface area contributed by atoms with Crippen LogP contribution in [0.3, 0.4) is 0 Å². The van der Waals surface area contributed by atoms with Gasteiger partial charge < -0.3 is 9.72 Å². The lowest BCUT2D eigenvalue weighted by Crippen LogP contribution is -2.12. The fraction of sp³-hybridized carbons (Fsp3) is 0.0769. The van der Waals surface area contributed by atoms with Gasteiger partial charge in [0.2, 0.25) is 4.80 Å². The molecule has 0 unspecified atom stereocenters. The molecule has 0 fully saturated rings. The van der Waals surface area contributed by atoms with Crippen molar-refractivity contribution < 1.29 is 4.74 Å². The monoisotopic (exact) mass is 438 g/mol. The van der Waals surface area contributed by atoms with Crippen molar-refractivity contribution in [3.05, 3.63) is 95.3 Å². The first-order valence-corrected chi connectivity index (χ1v) is 11.2. The minimum Gasteiger partial charge on any atom is -0.497 e. The number of aromatic amines is 1. The highest BCUT2D eigenvalue weighted by atomic mass is 32.1. The van der Waals surface area contributed by atoms with Crippen LogP contribution in [0.1, 0.15) is 5.56 Å². The summed E-state index contributed by atoms with van der Waals surface area (Å²) < 4.78 is 7.25. The first kappa shape index (κ1) is 20.0. The molecular formula is C26H22N4OS. The van der Waals surface area contributed by atoms with E-state index in [-0.39, 0.29) is 0 Å². The van der Waals surface area contributed by atoms with Crippen LogP contribution in [0.25, 0.3) is 32.9 Å². The molecule has 0 radical (unpaired) electrons. The first-order valence-electron chi connectivity index (χ1n) is 10.3. The molecule has 2 aromatic heterocycles. The number of para-hydroxylation sites is 1. The summed E-state index contributed by atoms with van der Waals surface area (Å²) in [5, 5.41) is 10.3. The van der Waals surface area contributed by atoms with Gasteiger partial charge in [0.05, 0.1) is 25.6 Å². The average Bonchev–Trinajstić information content (AvgIpc) is 3.44. The Labute approximate surface area is 189 Å². The molecule has 0 bridgehead atoms. The summed E-state index contributed by atoms with van der Waals surface area (Å²) in [5.74, 6) is 0.852. The smallest absolute Gasteiger partial charge is 0.206 e. The Morgan fingerprint density at radius 2 is 1.94 bits per heavy atom. The highest BCUT2D eigenvalue weighted by molar-refractivity contribution is 7.07. The minimum absolute atomic E-state index is 0.542. The largest absolute Gasteiger partial charge is 0.497 e. The predicted octanol–water partition coefficient (Wildman–Crippen LogP) is 5.83. The molecule has 5 nitrogen and oxygen atoms in total. The van der Waals surface area contributed by atoms with E-state index in [1.54, 1.807) is 24.5 Å². The summed E-state index contributed by atoms with van der Waals surface area (Å²) in [6.07, 6.45) is 5.65. The van der Waals surface area contributed by atoms with Crippen molar-refractivity contribution in [1.82, 2.24) is 9.66 Å². The molecule has 0 aliphatic rings. The number of H-pyrrole nitrogens is 1. The highest BCUT2D eigenvalue weighted by Crippen LogP contribution is 2.27. The number of thiazole rings is 1. The van der Waals surface area contributed by atoms with Gasteiger partial charge in [-0.2, -0.15) is 5.10 Å². The van der Waals surface area contributed by atoms with Gasteiger partial charge in [0.25, 0.3) is 0 Å². The lowest BCUT2D eigenvalue weighted by molar-refractivity contribution is 0.415. The number of ether oxygens (including phenoxy) is 1. The van der Waals surface area contributed by atoms with Crippen LogP contribution in [0.4, 0.5) is 0 Å². The van der Waals surface area contributed by atoms with Crippen LogP contribution in [0, 0.1) is 0 Å². The molecule has 2 heterocycles. The van der Waals surface area contributed by atoms with Crippen molar-refractivity contribution in [1.29, 1.82) is 0 Å². The van der Waals surface area contributed by atoms with E-state index in [4.69, 9.17) is 9.84 Å². The van der Waals surface area contributed by atoms with Crippen LogP contribution in [0.15, 0.2) is 95.0 Å². The zero-order valence-corrected chi connectivity index (χ0v) is 18.5. The van der Waals surface area contributed by atoms with Crippen molar-refractivity contribution in [3.8, 4) is 17.0 Å². The number of benzene rings is 3. The molecule has 5 aromatic rings. The lowest BCUT2D eigenvalue weighted by Gasteiger charge is -2.07. The van der Waals surface area contributed by atoms with E-state index in [1.165, 1.54) is 0 Å². The fourth-order valence-corrected chi connectivity index (χ4v) is 4.54. The molecule has 0 saturated heterocycles. The van der Waals surface area contributed by atoms with Crippen LogP contribution >= 0.6 is 11.3 Å². The van der Waals surface area contributed by atoms with Crippen LogP contribution in [-0.4, -0.2) is 29.5 Å². The van der Waals surface area contributed by atoms with Gasteiger partial charge >= 0.3 is 0 Å². The third kappa shape index (κ3) is 3.76. The van der Waals surface area contributed by atoms with Gasteiger partial charge in [-0.05, 0) is 35.0 Å². The third-order valence-corrected chi connectivity index (χ3v) is 6.17. The average molecular weight is 439 g/mol. The zero-order chi connectivity index (χ0) is 21.9. The summed E-state index contributed by atoms with van der Waals surface area (Å²) in [4.78, 5) is 8.77. The van der Waals surface area contributed by atoms with E-state index in [0.717, 1.165) is 49.0 Å². The number of hydrogen-bond donors (Lipinski definition) is 1. The van der Waals surface area contributed by atoms with E-state index in [1.807, 2.05) is 41.4 Å². The second-order valence-electron chi connectivity index (χ2n) is 7.31. The van der Waals surface area contributed by atoms with Crippen molar-refractivity contribution in [2.45, 2.75) is 0 Å². The van der Waals surface area contributed by atoms with Crippen molar-refractivity contribution in [3.63, 3.8) is 0 Å². The maximum absolute atomic E-state index is 5.35. The molecule has 0 spiro atoms. The Kier molecular flexibility index (Phi) is 5.44. The highest BCUT2D eigenvalue weighted by Gasteiger charge is 2.09. The number of rotatable bonds is 6. The number of nitrogens with zero attached hydrogens (tertiary/aromatic N) is 3. The Morgan fingerprint density at radius 1 is 1.09 bits per heavy atom. The zero-order valence-electron chi connectivity index (χ0n) is 17.7. The second-order valence-corrected chi connectivity index (χ2v) is 8.14. The molecule has 0 atom stereocenters. The molecule has 158 valence electrons. The van der Waals surface area contributed by atoms with Gasteiger partial charge in [-0.25, -0.2) is 4.68 Å². The molecule has 1 N–H and O–H groups in total. The molecule has 32 heavy (non-hydrogen) atoms. The topological polar surface area (TPSA) is 54.7 Å². The number of nitrogens with one attached hydrogen (secondary N) is 1. The molecule has 5 rings (SSSR count). The van der Waals surface area contributed by atoms with Crippen LogP contribution < -0.4 is 9.54 Å². The third-order valence-electron chi connectivity index (χ3n) is 5.32. The van der Waals surface area contributed by atoms with E-state index >= 15 is 0 Å². The number of hydrogen-bond acceptors (Lipinski definition) is 4. The normalized spacial score (nSPS) is 12.2. The van der Waals surface area contributed by atoms with Gasteiger partial charge in [-0.15, -0.1) is 17.9 Å². The van der Waals surface area contributed by atoms with Gasteiger partial charge in [-0.3, -0.25) is 4.99 Å². The lowest BCUT2D eigenvalue weighted by atomic mass is 10.1. The van der Waals surface area contributed by atoms with Gasteiger partial charge in [0, 0.05) is 33.6 Å². The Hall–Kier alpha value is -3.90. The molecule has 0 aliphatic carbocycles. The van der Waals surface area contributed by atoms with E-state index in [9.17, 15) is 0 Å². The molecule has 6 heteroatoms. The van der Waals surface area contributed by atoms with Crippen molar-refractivity contribution >= 4 is 39.2 Å². The number of aromatic nitrogens is 2. The molecular weight excluding hydrogens is 416 g/mol. The maximum atomic E-state index is 5.35. The quantitative estimate of drug-likeness (QED) is 0.263. The number of methoxy groups -OCH3 is 1. The fourth-order valence-electron chi connectivity index (χ4n) is 3.69. The molecule has 0 aliphatic heterocycles. The standard InChI is InChI=1S/C26H22N4OS/c1-3-12-27-26-30(29-16-21-15-28-24-7-5-4-6-23(21)24)25(17-32-26)20-9-8-19-14-22(31-2)11-10-18(19)13-20/h3-11,13-17,28H,1,12H2,2H3.